The van der Waals surface area contributed by atoms with Gasteiger partial charge in [-0.1, -0.05) is 43.6 Å². The molecule has 0 saturated carbocycles. The summed E-state index contributed by atoms with van der Waals surface area (Å²) in [7, 11) is 0. The van der Waals surface area contributed by atoms with Crippen LogP contribution < -0.4 is 4.74 Å². The van der Waals surface area contributed by atoms with Crippen LogP contribution in [-0.2, 0) is 0 Å². The van der Waals surface area contributed by atoms with E-state index in [1.54, 1.807) is 0 Å². The molecule has 1 aromatic carbocycles. The highest BCUT2D eigenvalue weighted by atomic mass is 79.9. The van der Waals surface area contributed by atoms with Gasteiger partial charge in [-0.25, -0.2) is 0 Å². The van der Waals surface area contributed by atoms with Crippen molar-refractivity contribution in [3.8, 4) is 5.75 Å². The fourth-order valence-corrected chi connectivity index (χ4v) is 2.56. The minimum atomic E-state index is 0.723. The van der Waals surface area contributed by atoms with Gasteiger partial charge in [-0.15, -0.1) is 0 Å². The van der Waals surface area contributed by atoms with Crippen molar-refractivity contribution >= 4 is 15.9 Å². The van der Waals surface area contributed by atoms with Gasteiger partial charge in [0.15, 0.2) is 0 Å². The number of hydrogen-bond acceptors (Lipinski definition) is 2. The lowest BCUT2D eigenvalue weighted by Gasteiger charge is -2.26. The summed E-state index contributed by atoms with van der Waals surface area (Å²) in [4.78, 5) is 2.56. The molecule has 0 radical (unpaired) electrons. The molecule has 0 aliphatic carbocycles. The molecule has 3 heteroatoms. The zero-order valence-electron chi connectivity index (χ0n) is 13.2. The minimum absolute atomic E-state index is 0.723. The predicted molar refractivity (Wildman–Crippen MR) is 90.4 cm³/mol. The molecule has 0 aliphatic rings. The predicted octanol–water partition coefficient (Wildman–Crippen LogP) is 4.83. The lowest BCUT2D eigenvalue weighted by atomic mass is 10.1. The molecule has 0 fully saturated rings. The fourth-order valence-electron chi connectivity index (χ4n) is 2.30. The number of rotatable bonds is 9. The van der Waals surface area contributed by atoms with Gasteiger partial charge in [0.25, 0.3) is 0 Å². The average molecular weight is 342 g/mol. The normalized spacial score (nSPS) is 11.6. The van der Waals surface area contributed by atoms with E-state index in [2.05, 4.69) is 48.5 Å². The first kappa shape index (κ1) is 17.5. The molecule has 0 heterocycles. The maximum absolute atomic E-state index is 5.77. The van der Waals surface area contributed by atoms with E-state index in [4.69, 9.17) is 4.74 Å². The van der Waals surface area contributed by atoms with E-state index in [0.717, 1.165) is 41.6 Å². The van der Waals surface area contributed by atoms with Crippen LogP contribution in [0.25, 0.3) is 0 Å². The van der Waals surface area contributed by atoms with E-state index in [1.807, 2.05) is 24.3 Å². The lowest BCUT2D eigenvalue weighted by molar-refractivity contribution is 0.198. The summed E-state index contributed by atoms with van der Waals surface area (Å²) >= 11 is 3.43. The molecule has 0 aromatic heterocycles. The molecule has 0 unspecified atom stereocenters. The third kappa shape index (κ3) is 7.91. The van der Waals surface area contributed by atoms with E-state index in [1.165, 1.54) is 13.1 Å². The summed E-state index contributed by atoms with van der Waals surface area (Å²) in [6.07, 6.45) is 1.08. The van der Waals surface area contributed by atoms with Crippen molar-refractivity contribution in [3.05, 3.63) is 28.7 Å². The van der Waals surface area contributed by atoms with Crippen LogP contribution >= 0.6 is 15.9 Å². The van der Waals surface area contributed by atoms with Crippen LogP contribution in [0.2, 0.25) is 0 Å². The van der Waals surface area contributed by atoms with Crippen LogP contribution in [0.3, 0.4) is 0 Å². The van der Waals surface area contributed by atoms with Gasteiger partial charge in [-0.05, 0) is 42.5 Å². The Morgan fingerprint density at radius 2 is 1.55 bits per heavy atom. The van der Waals surface area contributed by atoms with Crippen LogP contribution in [0.4, 0.5) is 0 Å². The minimum Gasteiger partial charge on any atom is -0.494 e. The van der Waals surface area contributed by atoms with E-state index in [9.17, 15) is 0 Å². The summed E-state index contributed by atoms with van der Waals surface area (Å²) in [5, 5.41) is 0. The molecule has 0 bridgehead atoms. The molecular formula is C17H28BrNO. The molecular weight excluding hydrogens is 314 g/mol. The molecule has 2 nitrogen and oxygen atoms in total. The molecule has 0 amide bonds. The van der Waals surface area contributed by atoms with E-state index in [0.29, 0.717) is 0 Å². The number of nitrogens with zero attached hydrogens (tertiary/aromatic N) is 1. The summed E-state index contributed by atoms with van der Waals surface area (Å²) in [6, 6.07) is 8.03. The zero-order valence-corrected chi connectivity index (χ0v) is 14.8. The molecule has 0 saturated heterocycles. The number of ether oxygens (including phenoxy) is 1. The highest BCUT2D eigenvalue weighted by molar-refractivity contribution is 9.10. The summed E-state index contributed by atoms with van der Waals surface area (Å²) in [6.45, 7) is 13.4. The maximum Gasteiger partial charge on any atom is 0.119 e. The Morgan fingerprint density at radius 1 is 1.00 bits per heavy atom. The van der Waals surface area contributed by atoms with Crippen LogP contribution in [0.1, 0.15) is 34.1 Å². The first-order valence-electron chi connectivity index (χ1n) is 7.58. The van der Waals surface area contributed by atoms with E-state index < -0.39 is 0 Å². The molecule has 0 N–H and O–H groups in total. The Bertz CT molecular complexity index is 352. The Balaban J connectivity index is 2.27. The number of halogens is 1. The quantitative estimate of drug-likeness (QED) is 0.596. The van der Waals surface area contributed by atoms with Crippen molar-refractivity contribution < 1.29 is 4.74 Å². The standard InChI is InChI=1S/C17H28BrNO/c1-14(2)12-19(13-15(3)4)10-5-11-20-17-8-6-16(18)7-9-17/h6-9,14-15H,5,10-13H2,1-4H3. The second kappa shape index (κ2) is 9.41. The van der Waals surface area contributed by atoms with Gasteiger partial charge in [0.2, 0.25) is 0 Å². The monoisotopic (exact) mass is 341 g/mol. The maximum atomic E-state index is 5.77. The van der Waals surface area contributed by atoms with Crippen molar-refractivity contribution in [1.82, 2.24) is 4.90 Å². The number of hydrogen-bond donors (Lipinski definition) is 0. The van der Waals surface area contributed by atoms with Crippen LogP contribution in [0, 0.1) is 11.8 Å². The molecule has 20 heavy (non-hydrogen) atoms. The van der Waals surface area contributed by atoms with Crippen LogP contribution in [-0.4, -0.2) is 31.1 Å². The van der Waals surface area contributed by atoms with Crippen LogP contribution in [0.5, 0.6) is 5.75 Å². The molecule has 0 aliphatic heterocycles. The van der Waals surface area contributed by atoms with E-state index >= 15 is 0 Å². The van der Waals surface area contributed by atoms with Gasteiger partial charge in [0, 0.05) is 24.1 Å². The highest BCUT2D eigenvalue weighted by Gasteiger charge is 2.09. The SMILES string of the molecule is CC(C)CN(CCCOc1ccc(Br)cc1)CC(C)C. The largest absolute Gasteiger partial charge is 0.494 e. The summed E-state index contributed by atoms with van der Waals surface area (Å²) < 4.78 is 6.86. The topological polar surface area (TPSA) is 12.5 Å². The van der Waals surface area contributed by atoms with Crippen molar-refractivity contribution in [3.63, 3.8) is 0 Å². The summed E-state index contributed by atoms with van der Waals surface area (Å²) in [5.41, 5.74) is 0. The van der Waals surface area contributed by atoms with Gasteiger partial charge in [-0.2, -0.15) is 0 Å². The Labute approximate surface area is 132 Å². The van der Waals surface area contributed by atoms with Crippen molar-refractivity contribution in [2.75, 3.05) is 26.2 Å². The zero-order chi connectivity index (χ0) is 15.0. The van der Waals surface area contributed by atoms with Gasteiger partial charge >= 0.3 is 0 Å². The average Bonchev–Trinajstić information content (AvgIpc) is 2.35. The first-order chi connectivity index (χ1) is 9.47. The highest BCUT2D eigenvalue weighted by Crippen LogP contribution is 2.16. The second-order valence-corrected chi connectivity index (χ2v) is 7.12. The molecule has 1 aromatic rings. The first-order valence-corrected chi connectivity index (χ1v) is 8.37. The van der Waals surface area contributed by atoms with Gasteiger partial charge in [0.1, 0.15) is 5.75 Å². The molecule has 1 rings (SSSR count). The van der Waals surface area contributed by atoms with E-state index in [-0.39, 0.29) is 0 Å². The Kier molecular flexibility index (Phi) is 8.24. The van der Waals surface area contributed by atoms with Gasteiger partial charge in [0.05, 0.1) is 6.61 Å². The lowest BCUT2D eigenvalue weighted by Crippen LogP contribution is -2.33. The third-order valence-corrected chi connectivity index (χ3v) is 3.48. The smallest absolute Gasteiger partial charge is 0.119 e. The molecule has 0 atom stereocenters. The van der Waals surface area contributed by atoms with Gasteiger partial charge < -0.3 is 9.64 Å². The Hall–Kier alpha value is -0.540. The van der Waals surface area contributed by atoms with Crippen molar-refractivity contribution in [2.24, 2.45) is 11.8 Å². The molecule has 114 valence electrons. The van der Waals surface area contributed by atoms with Gasteiger partial charge in [-0.3, -0.25) is 0 Å². The number of benzene rings is 1. The third-order valence-electron chi connectivity index (χ3n) is 2.95. The fraction of sp³-hybridized carbons (Fsp3) is 0.647. The van der Waals surface area contributed by atoms with Crippen molar-refractivity contribution in [2.45, 2.75) is 34.1 Å². The summed E-state index contributed by atoms with van der Waals surface area (Å²) in [5.74, 6) is 2.40. The molecule has 0 spiro atoms. The van der Waals surface area contributed by atoms with Crippen molar-refractivity contribution in [1.29, 1.82) is 0 Å². The van der Waals surface area contributed by atoms with Crippen LogP contribution in [0.15, 0.2) is 28.7 Å². The Morgan fingerprint density at radius 3 is 2.05 bits per heavy atom. The second-order valence-electron chi connectivity index (χ2n) is 6.20.